The van der Waals surface area contributed by atoms with Crippen molar-refractivity contribution in [1.29, 1.82) is 0 Å². The molecule has 0 fully saturated rings. The minimum absolute atomic E-state index is 0.0669. The first-order valence-corrected chi connectivity index (χ1v) is 5.21. The number of aryl methyl sites for hydroxylation is 1. The van der Waals surface area contributed by atoms with E-state index in [-0.39, 0.29) is 10.9 Å². The van der Waals surface area contributed by atoms with Crippen LogP contribution in [0.3, 0.4) is 0 Å². The van der Waals surface area contributed by atoms with E-state index in [1.807, 2.05) is 0 Å². The van der Waals surface area contributed by atoms with Crippen molar-refractivity contribution in [2.45, 2.75) is 24.8 Å². The summed E-state index contributed by atoms with van der Waals surface area (Å²) in [6, 6.07) is 0. The number of hydrogen-bond acceptors (Lipinski definition) is 3. The Morgan fingerprint density at radius 1 is 1.62 bits per heavy atom. The number of carboxylic acid groups (broad SMARTS) is 1. The summed E-state index contributed by atoms with van der Waals surface area (Å²) in [5.41, 5.74) is 0.352. The maximum Gasteiger partial charge on any atom is 0.406 e. The van der Waals surface area contributed by atoms with Crippen molar-refractivity contribution in [1.82, 2.24) is 9.55 Å². The summed E-state index contributed by atoms with van der Waals surface area (Å²) in [4.78, 5) is 14.0. The molecule has 0 unspecified atom stereocenters. The molecule has 0 atom stereocenters. The van der Waals surface area contributed by atoms with Gasteiger partial charge < -0.3 is 9.67 Å². The number of carbonyl (C=O) groups is 1. The van der Waals surface area contributed by atoms with Gasteiger partial charge in [-0.15, -0.1) is 0 Å². The smallest absolute Gasteiger partial charge is 0.406 e. The van der Waals surface area contributed by atoms with E-state index < -0.39 is 18.7 Å². The molecule has 16 heavy (non-hydrogen) atoms. The number of hydrogen-bond donors (Lipinski definition) is 1. The number of nitrogens with zero attached hydrogens (tertiary/aromatic N) is 2. The third-order valence-corrected chi connectivity index (χ3v) is 2.66. The average Bonchev–Trinajstić information content (AvgIpc) is 2.43. The summed E-state index contributed by atoms with van der Waals surface area (Å²) >= 11 is 0.769. The zero-order chi connectivity index (χ0) is 12.3. The molecule has 0 aromatic carbocycles. The molecule has 0 bridgehead atoms. The molecule has 1 aromatic rings. The zero-order valence-electron chi connectivity index (χ0n) is 8.28. The Morgan fingerprint density at radius 2 is 2.25 bits per heavy atom. The monoisotopic (exact) mass is 254 g/mol. The fourth-order valence-electron chi connectivity index (χ4n) is 1.05. The summed E-state index contributed by atoms with van der Waals surface area (Å²) in [6.07, 6.45) is -3.06. The van der Waals surface area contributed by atoms with Crippen LogP contribution in [0.15, 0.2) is 11.4 Å². The highest BCUT2D eigenvalue weighted by Crippen LogP contribution is 2.24. The van der Waals surface area contributed by atoms with Crippen LogP contribution in [0.25, 0.3) is 0 Å². The van der Waals surface area contributed by atoms with Crippen LogP contribution in [0.2, 0.25) is 0 Å². The number of imidazole rings is 1. The normalized spacial score (nSPS) is 11.8. The molecule has 0 aliphatic carbocycles. The van der Waals surface area contributed by atoms with E-state index >= 15 is 0 Å². The first kappa shape index (κ1) is 12.9. The Hall–Kier alpha value is -1.18. The predicted molar refractivity (Wildman–Crippen MR) is 51.4 cm³/mol. The van der Waals surface area contributed by atoms with Crippen LogP contribution >= 0.6 is 11.8 Å². The Labute approximate surface area is 93.5 Å². The second-order valence-corrected chi connectivity index (χ2v) is 4.01. The predicted octanol–water partition coefficient (Wildman–Crippen LogP) is 1.93. The highest BCUT2D eigenvalue weighted by atomic mass is 32.2. The molecule has 0 spiro atoms. The van der Waals surface area contributed by atoms with Crippen molar-refractivity contribution in [2.75, 3.05) is 5.75 Å². The fraction of sp³-hybridized carbons (Fsp3) is 0.500. The quantitative estimate of drug-likeness (QED) is 0.834. The Kier molecular flexibility index (Phi) is 3.84. The first-order valence-electron chi connectivity index (χ1n) is 4.23. The van der Waals surface area contributed by atoms with E-state index in [1.165, 1.54) is 13.1 Å². The van der Waals surface area contributed by atoms with Gasteiger partial charge in [0, 0.05) is 11.9 Å². The molecule has 0 aliphatic rings. The van der Waals surface area contributed by atoms with Crippen LogP contribution in [0.1, 0.15) is 5.69 Å². The molecule has 0 aliphatic heterocycles. The molecule has 8 heteroatoms. The Morgan fingerprint density at radius 3 is 2.75 bits per heavy atom. The van der Waals surface area contributed by atoms with Crippen molar-refractivity contribution in [3.8, 4) is 0 Å². The average molecular weight is 254 g/mol. The lowest BCUT2D eigenvalue weighted by molar-refractivity contribution is -0.142. The van der Waals surface area contributed by atoms with Crippen molar-refractivity contribution in [2.24, 2.45) is 0 Å². The molecule has 90 valence electrons. The van der Waals surface area contributed by atoms with E-state index in [1.54, 1.807) is 0 Å². The molecule has 1 heterocycles. The van der Waals surface area contributed by atoms with Gasteiger partial charge in [-0.25, -0.2) is 4.98 Å². The fourth-order valence-corrected chi connectivity index (χ4v) is 1.80. The van der Waals surface area contributed by atoms with E-state index in [0.717, 1.165) is 16.3 Å². The van der Waals surface area contributed by atoms with Crippen LogP contribution in [0, 0.1) is 6.92 Å². The number of thioether (sulfide) groups is 1. The Balaban J connectivity index is 2.81. The highest BCUT2D eigenvalue weighted by Gasteiger charge is 2.29. The van der Waals surface area contributed by atoms with Crippen LogP contribution < -0.4 is 0 Å². The molecule has 1 aromatic heterocycles. The minimum atomic E-state index is -4.34. The summed E-state index contributed by atoms with van der Waals surface area (Å²) in [5, 5.41) is 8.49. The van der Waals surface area contributed by atoms with E-state index in [0.29, 0.717) is 5.69 Å². The first-order chi connectivity index (χ1) is 7.29. The van der Waals surface area contributed by atoms with Gasteiger partial charge in [0.15, 0.2) is 5.16 Å². The van der Waals surface area contributed by atoms with Gasteiger partial charge in [-0.05, 0) is 6.92 Å². The maximum absolute atomic E-state index is 12.2. The number of carboxylic acids is 1. The maximum atomic E-state index is 12.2. The Bertz CT molecular complexity index is 389. The van der Waals surface area contributed by atoms with Gasteiger partial charge in [-0.2, -0.15) is 13.2 Å². The summed E-state index contributed by atoms with van der Waals surface area (Å²) < 4.78 is 37.6. The van der Waals surface area contributed by atoms with Crippen molar-refractivity contribution < 1.29 is 23.1 Å². The minimum Gasteiger partial charge on any atom is -0.481 e. The van der Waals surface area contributed by atoms with Gasteiger partial charge in [-0.3, -0.25) is 4.79 Å². The van der Waals surface area contributed by atoms with Gasteiger partial charge in [-0.1, -0.05) is 11.8 Å². The van der Waals surface area contributed by atoms with Gasteiger partial charge in [0.2, 0.25) is 0 Å². The van der Waals surface area contributed by atoms with E-state index in [2.05, 4.69) is 4.98 Å². The third kappa shape index (κ3) is 3.76. The molecule has 1 N–H and O–H groups in total. The topological polar surface area (TPSA) is 55.1 Å². The summed E-state index contributed by atoms with van der Waals surface area (Å²) in [5.74, 6) is -1.40. The van der Waals surface area contributed by atoms with Crippen molar-refractivity contribution in [3.63, 3.8) is 0 Å². The molecule has 0 saturated carbocycles. The van der Waals surface area contributed by atoms with Crippen LogP contribution in [-0.2, 0) is 11.3 Å². The lowest BCUT2D eigenvalue weighted by Gasteiger charge is -2.11. The number of aliphatic carboxylic acids is 1. The lowest BCUT2D eigenvalue weighted by Crippen LogP contribution is -2.19. The van der Waals surface area contributed by atoms with Crippen molar-refractivity contribution in [3.05, 3.63) is 11.9 Å². The number of rotatable bonds is 4. The highest BCUT2D eigenvalue weighted by molar-refractivity contribution is 7.99. The van der Waals surface area contributed by atoms with E-state index in [9.17, 15) is 18.0 Å². The molecule has 4 nitrogen and oxygen atoms in total. The van der Waals surface area contributed by atoms with Gasteiger partial charge in [0.1, 0.15) is 6.54 Å². The van der Waals surface area contributed by atoms with E-state index in [4.69, 9.17) is 5.11 Å². The number of halogens is 3. The largest absolute Gasteiger partial charge is 0.481 e. The van der Waals surface area contributed by atoms with Gasteiger partial charge in [0.05, 0.1) is 5.75 Å². The summed E-state index contributed by atoms with van der Waals surface area (Å²) in [7, 11) is 0. The zero-order valence-corrected chi connectivity index (χ0v) is 9.10. The summed E-state index contributed by atoms with van der Waals surface area (Å²) in [6.45, 7) is 0.338. The number of alkyl halides is 3. The lowest BCUT2D eigenvalue weighted by atomic mass is 10.5. The SMILES string of the molecule is Cc1cnc(SCC(=O)O)n1CC(F)(F)F. The second kappa shape index (κ2) is 4.77. The standard InChI is InChI=1S/C8H9F3N2O2S/c1-5-2-12-7(16-3-6(14)15)13(5)4-8(9,10)11/h2H,3-4H2,1H3,(H,14,15). The van der Waals surface area contributed by atoms with Crippen LogP contribution in [-0.4, -0.2) is 32.6 Å². The molecule has 0 amide bonds. The number of aromatic nitrogens is 2. The third-order valence-electron chi connectivity index (χ3n) is 1.68. The second-order valence-electron chi connectivity index (χ2n) is 3.07. The molecular weight excluding hydrogens is 245 g/mol. The van der Waals surface area contributed by atoms with Gasteiger partial charge in [0.25, 0.3) is 0 Å². The van der Waals surface area contributed by atoms with Crippen LogP contribution in [0.4, 0.5) is 13.2 Å². The molecule has 1 rings (SSSR count). The molecular formula is C8H9F3N2O2S. The van der Waals surface area contributed by atoms with Crippen LogP contribution in [0.5, 0.6) is 0 Å². The molecule has 0 saturated heterocycles. The molecule has 0 radical (unpaired) electrons. The van der Waals surface area contributed by atoms with Crippen molar-refractivity contribution >= 4 is 17.7 Å². The van der Waals surface area contributed by atoms with Gasteiger partial charge >= 0.3 is 12.1 Å².